The second kappa shape index (κ2) is 3.23. The van der Waals surface area contributed by atoms with Gasteiger partial charge in [-0.3, -0.25) is 0 Å². The van der Waals surface area contributed by atoms with Crippen LogP contribution in [0.25, 0.3) is 0 Å². The third-order valence-electron chi connectivity index (χ3n) is 2.56. The Hall–Kier alpha value is -1.28. The monoisotopic (exact) mass is 175 g/mol. The Balaban J connectivity index is 2.36. The molecule has 1 aromatic rings. The van der Waals surface area contributed by atoms with Crippen LogP contribution >= 0.6 is 0 Å². The summed E-state index contributed by atoms with van der Waals surface area (Å²) in [7, 11) is 0. The molecule has 68 valence electrons. The summed E-state index contributed by atoms with van der Waals surface area (Å²) in [6.07, 6.45) is 10.9. The maximum atomic E-state index is 9.41. The highest BCUT2D eigenvalue weighted by Gasteiger charge is 2.29. The lowest BCUT2D eigenvalue weighted by molar-refractivity contribution is 0.222. The second-order valence-corrected chi connectivity index (χ2v) is 3.39. The van der Waals surface area contributed by atoms with Gasteiger partial charge in [0.25, 0.3) is 0 Å². The van der Waals surface area contributed by atoms with E-state index in [2.05, 4.69) is 17.1 Å². The van der Waals surface area contributed by atoms with Gasteiger partial charge in [0.05, 0.1) is 12.0 Å². The van der Waals surface area contributed by atoms with Crippen molar-refractivity contribution in [3.05, 3.63) is 48.3 Å². The largest absolute Gasteiger partial charge is 0.395 e. The molecule has 13 heavy (non-hydrogen) atoms. The lowest BCUT2D eigenvalue weighted by atomic mass is 9.79. The number of aliphatic hydroxyl groups is 1. The van der Waals surface area contributed by atoms with Gasteiger partial charge in [0, 0.05) is 11.9 Å². The van der Waals surface area contributed by atoms with Crippen LogP contribution in [0.4, 0.5) is 0 Å². The maximum absolute atomic E-state index is 9.41. The van der Waals surface area contributed by atoms with E-state index in [0.29, 0.717) is 0 Å². The molecule has 2 N–H and O–H groups in total. The van der Waals surface area contributed by atoms with Crippen molar-refractivity contribution in [2.75, 3.05) is 6.61 Å². The number of aromatic amines is 1. The van der Waals surface area contributed by atoms with Gasteiger partial charge in [-0.25, -0.2) is 0 Å². The molecule has 0 amide bonds. The standard InChI is InChI=1S/C11H13NO/c13-9-11(6-2-1-3-7-11)10-5-4-8-12-10/h1-6,8,12-13H,7,9H2. The first kappa shape index (κ1) is 8.32. The van der Waals surface area contributed by atoms with Gasteiger partial charge in [-0.2, -0.15) is 0 Å². The Bertz CT molecular complexity index is 324. The number of nitrogens with one attached hydrogen (secondary N) is 1. The molecule has 1 heterocycles. The predicted octanol–water partition coefficient (Wildman–Crippen LogP) is 1.76. The average Bonchev–Trinajstić information content (AvgIpc) is 2.72. The predicted molar refractivity (Wildman–Crippen MR) is 52.5 cm³/mol. The van der Waals surface area contributed by atoms with E-state index in [0.717, 1.165) is 12.1 Å². The summed E-state index contributed by atoms with van der Waals surface area (Å²) in [5, 5.41) is 9.41. The fraction of sp³-hybridized carbons (Fsp3) is 0.273. The molecule has 2 rings (SSSR count). The van der Waals surface area contributed by atoms with E-state index < -0.39 is 0 Å². The van der Waals surface area contributed by atoms with E-state index in [4.69, 9.17) is 0 Å². The van der Waals surface area contributed by atoms with Gasteiger partial charge >= 0.3 is 0 Å². The number of allylic oxidation sites excluding steroid dienone is 3. The molecule has 1 aliphatic carbocycles. The first-order valence-corrected chi connectivity index (χ1v) is 4.46. The molecule has 1 aliphatic rings. The fourth-order valence-corrected chi connectivity index (χ4v) is 1.71. The highest BCUT2D eigenvalue weighted by molar-refractivity contribution is 5.31. The number of hydrogen-bond donors (Lipinski definition) is 2. The molecule has 0 saturated heterocycles. The minimum atomic E-state index is -0.224. The van der Waals surface area contributed by atoms with Crippen LogP contribution in [0.15, 0.2) is 42.6 Å². The number of aliphatic hydroxyl groups excluding tert-OH is 1. The zero-order chi connectivity index (χ0) is 9.15. The third-order valence-corrected chi connectivity index (χ3v) is 2.56. The van der Waals surface area contributed by atoms with Crippen molar-refractivity contribution in [2.45, 2.75) is 11.8 Å². The van der Waals surface area contributed by atoms with Crippen LogP contribution in [0.5, 0.6) is 0 Å². The average molecular weight is 175 g/mol. The number of hydrogen-bond acceptors (Lipinski definition) is 1. The molecule has 2 nitrogen and oxygen atoms in total. The zero-order valence-corrected chi connectivity index (χ0v) is 7.40. The number of rotatable bonds is 2. The van der Waals surface area contributed by atoms with Gasteiger partial charge in [0.1, 0.15) is 0 Å². The summed E-state index contributed by atoms with van der Waals surface area (Å²) in [5.41, 5.74) is 0.855. The minimum absolute atomic E-state index is 0.147. The van der Waals surface area contributed by atoms with Crippen LogP contribution in [0, 0.1) is 0 Å². The molecule has 1 unspecified atom stereocenters. The maximum Gasteiger partial charge on any atom is 0.0580 e. The third kappa shape index (κ3) is 1.33. The second-order valence-electron chi connectivity index (χ2n) is 3.39. The Kier molecular flexibility index (Phi) is 2.07. The van der Waals surface area contributed by atoms with E-state index in [9.17, 15) is 5.11 Å². The quantitative estimate of drug-likeness (QED) is 0.706. The molecule has 0 fully saturated rings. The zero-order valence-electron chi connectivity index (χ0n) is 7.40. The van der Waals surface area contributed by atoms with Crippen LogP contribution in [-0.4, -0.2) is 16.7 Å². The van der Waals surface area contributed by atoms with Gasteiger partial charge in [0.2, 0.25) is 0 Å². The molecule has 0 spiro atoms. The van der Waals surface area contributed by atoms with Gasteiger partial charge < -0.3 is 10.1 Å². The van der Waals surface area contributed by atoms with Crippen LogP contribution in [0.3, 0.4) is 0 Å². The molecule has 0 radical (unpaired) electrons. The molecule has 1 aromatic heterocycles. The summed E-state index contributed by atoms with van der Waals surface area (Å²) in [5.74, 6) is 0. The van der Waals surface area contributed by atoms with Crippen molar-refractivity contribution in [1.82, 2.24) is 4.98 Å². The first-order chi connectivity index (χ1) is 6.37. The van der Waals surface area contributed by atoms with Crippen molar-refractivity contribution >= 4 is 0 Å². The van der Waals surface area contributed by atoms with Crippen molar-refractivity contribution in [3.63, 3.8) is 0 Å². The van der Waals surface area contributed by atoms with Crippen molar-refractivity contribution in [1.29, 1.82) is 0 Å². The molecule has 2 heteroatoms. The van der Waals surface area contributed by atoms with Gasteiger partial charge in [-0.05, 0) is 18.6 Å². The summed E-state index contributed by atoms with van der Waals surface area (Å²) < 4.78 is 0. The highest BCUT2D eigenvalue weighted by Crippen LogP contribution is 2.30. The minimum Gasteiger partial charge on any atom is -0.395 e. The first-order valence-electron chi connectivity index (χ1n) is 4.46. The van der Waals surface area contributed by atoms with Crippen molar-refractivity contribution < 1.29 is 5.11 Å². The SMILES string of the molecule is OCC1(c2ccc[nH]2)C=CC=CC1. The summed E-state index contributed by atoms with van der Waals surface area (Å²) in [6.45, 7) is 0.147. The fourth-order valence-electron chi connectivity index (χ4n) is 1.71. The molecule has 0 aliphatic heterocycles. The van der Waals surface area contributed by atoms with E-state index in [1.54, 1.807) is 0 Å². The van der Waals surface area contributed by atoms with Crippen molar-refractivity contribution in [3.8, 4) is 0 Å². The molecule has 1 atom stereocenters. The van der Waals surface area contributed by atoms with Crippen LogP contribution in [0.1, 0.15) is 12.1 Å². The van der Waals surface area contributed by atoms with E-state index in [-0.39, 0.29) is 12.0 Å². The van der Waals surface area contributed by atoms with Crippen LogP contribution < -0.4 is 0 Å². The topological polar surface area (TPSA) is 36.0 Å². The van der Waals surface area contributed by atoms with E-state index >= 15 is 0 Å². The van der Waals surface area contributed by atoms with Gasteiger partial charge in [-0.1, -0.05) is 24.3 Å². The van der Waals surface area contributed by atoms with E-state index in [1.165, 1.54) is 0 Å². The van der Waals surface area contributed by atoms with Gasteiger partial charge in [0.15, 0.2) is 0 Å². The Labute approximate surface area is 77.6 Å². The molecular weight excluding hydrogens is 162 g/mol. The Morgan fingerprint density at radius 3 is 2.92 bits per heavy atom. The van der Waals surface area contributed by atoms with Gasteiger partial charge in [-0.15, -0.1) is 0 Å². The number of H-pyrrole nitrogens is 1. The summed E-state index contributed by atoms with van der Waals surface area (Å²) in [4.78, 5) is 3.15. The normalized spacial score (nSPS) is 26.5. The Morgan fingerprint density at radius 1 is 1.46 bits per heavy atom. The molecule has 0 bridgehead atoms. The van der Waals surface area contributed by atoms with Crippen LogP contribution in [-0.2, 0) is 5.41 Å². The number of aromatic nitrogens is 1. The highest BCUT2D eigenvalue weighted by atomic mass is 16.3. The lowest BCUT2D eigenvalue weighted by Crippen LogP contribution is -2.29. The molecular formula is C11H13NO. The Morgan fingerprint density at radius 2 is 2.38 bits per heavy atom. The summed E-state index contributed by atoms with van der Waals surface area (Å²) >= 11 is 0. The van der Waals surface area contributed by atoms with E-state index in [1.807, 2.05) is 30.5 Å². The molecule has 0 aromatic carbocycles. The lowest BCUT2D eigenvalue weighted by Gasteiger charge is -2.27. The van der Waals surface area contributed by atoms with Crippen molar-refractivity contribution in [2.24, 2.45) is 0 Å². The smallest absolute Gasteiger partial charge is 0.0580 e. The van der Waals surface area contributed by atoms with Crippen LogP contribution in [0.2, 0.25) is 0 Å². The molecule has 0 saturated carbocycles. The summed E-state index contributed by atoms with van der Waals surface area (Å²) in [6, 6.07) is 3.97.